The van der Waals surface area contributed by atoms with E-state index in [-0.39, 0.29) is 5.78 Å². The maximum Gasteiger partial charge on any atom is 0.194 e. The van der Waals surface area contributed by atoms with E-state index in [0.717, 1.165) is 10.4 Å². The van der Waals surface area contributed by atoms with Crippen LogP contribution in [-0.2, 0) is 9.53 Å². The molecule has 1 heterocycles. The molecular formula is C11H8O2. The fraction of sp³-hybridized carbons (Fsp3) is 0.182. The Bertz CT molecular complexity index is 495. The van der Waals surface area contributed by atoms with Crippen LogP contribution in [0.25, 0.3) is 12.2 Å². The van der Waals surface area contributed by atoms with E-state index < -0.39 is 5.60 Å². The smallest absolute Gasteiger partial charge is 0.194 e. The zero-order valence-electron chi connectivity index (χ0n) is 6.99. The second-order valence-corrected chi connectivity index (χ2v) is 3.46. The van der Waals surface area contributed by atoms with Crippen molar-refractivity contribution in [2.45, 2.75) is 5.60 Å². The molecular weight excluding hydrogens is 164 g/mol. The molecule has 1 aliphatic carbocycles. The molecule has 2 aliphatic rings. The molecule has 1 aromatic carbocycles. The molecule has 1 aromatic rings. The van der Waals surface area contributed by atoms with Crippen LogP contribution < -0.4 is 10.4 Å². The molecule has 0 aromatic heterocycles. The summed E-state index contributed by atoms with van der Waals surface area (Å²) < 4.78 is 5.17. The fourth-order valence-corrected chi connectivity index (χ4v) is 1.66. The minimum atomic E-state index is -0.589. The third-order valence-corrected chi connectivity index (χ3v) is 2.54. The van der Waals surface area contributed by atoms with Crippen molar-refractivity contribution in [2.24, 2.45) is 0 Å². The summed E-state index contributed by atoms with van der Waals surface area (Å²) in [6.07, 6.45) is 3.59. The van der Waals surface area contributed by atoms with E-state index in [1.165, 1.54) is 0 Å². The molecule has 3 rings (SSSR count). The second kappa shape index (κ2) is 2.09. The Morgan fingerprint density at radius 2 is 1.92 bits per heavy atom. The van der Waals surface area contributed by atoms with E-state index in [1.807, 2.05) is 30.3 Å². The van der Waals surface area contributed by atoms with Gasteiger partial charge in [-0.2, -0.15) is 0 Å². The second-order valence-electron chi connectivity index (χ2n) is 3.46. The van der Waals surface area contributed by atoms with E-state index in [9.17, 15) is 4.79 Å². The fourth-order valence-electron chi connectivity index (χ4n) is 1.66. The molecule has 1 aliphatic heterocycles. The summed E-state index contributed by atoms with van der Waals surface area (Å²) in [6.45, 7) is 0.538. The molecule has 0 saturated carbocycles. The van der Waals surface area contributed by atoms with Gasteiger partial charge >= 0.3 is 0 Å². The van der Waals surface area contributed by atoms with Crippen molar-refractivity contribution >= 4 is 17.9 Å². The summed E-state index contributed by atoms with van der Waals surface area (Å²) >= 11 is 0. The van der Waals surface area contributed by atoms with Gasteiger partial charge in [-0.05, 0) is 22.6 Å². The first-order valence-corrected chi connectivity index (χ1v) is 4.28. The molecule has 1 spiro atoms. The number of benzene rings is 1. The summed E-state index contributed by atoms with van der Waals surface area (Å²) in [4.78, 5) is 11.5. The normalized spacial score (nSPS) is 29.1. The third kappa shape index (κ3) is 0.892. The van der Waals surface area contributed by atoms with Gasteiger partial charge < -0.3 is 4.74 Å². The first kappa shape index (κ1) is 7.04. The molecule has 0 N–H and O–H groups in total. The largest absolute Gasteiger partial charge is 0.356 e. The summed E-state index contributed by atoms with van der Waals surface area (Å²) in [7, 11) is 0. The lowest BCUT2D eigenvalue weighted by Crippen LogP contribution is -2.37. The highest BCUT2D eigenvalue weighted by Crippen LogP contribution is 2.30. The highest BCUT2D eigenvalue weighted by Gasteiger charge is 2.49. The topological polar surface area (TPSA) is 29.6 Å². The number of Topliss-reactive ketones (excluding diaryl/α,β-unsaturated/α-hetero) is 1. The van der Waals surface area contributed by atoms with Crippen LogP contribution in [0.2, 0.25) is 0 Å². The first-order valence-electron chi connectivity index (χ1n) is 4.28. The molecule has 13 heavy (non-hydrogen) atoms. The zero-order chi connectivity index (χ0) is 8.89. The molecule has 2 heteroatoms. The van der Waals surface area contributed by atoms with Gasteiger partial charge in [0.15, 0.2) is 11.4 Å². The molecule has 1 saturated heterocycles. The Hall–Kier alpha value is -1.41. The molecule has 1 fully saturated rings. The molecule has 1 unspecified atom stereocenters. The van der Waals surface area contributed by atoms with Gasteiger partial charge in [-0.25, -0.2) is 0 Å². The Balaban J connectivity index is 2.38. The lowest BCUT2D eigenvalue weighted by Gasteiger charge is -2.05. The van der Waals surface area contributed by atoms with Crippen LogP contribution in [0, 0.1) is 0 Å². The number of rotatable bonds is 0. The van der Waals surface area contributed by atoms with Crippen LogP contribution in [-0.4, -0.2) is 18.0 Å². The van der Waals surface area contributed by atoms with Crippen LogP contribution in [0.3, 0.4) is 0 Å². The minimum absolute atomic E-state index is 0.0752. The number of epoxide rings is 1. The summed E-state index contributed by atoms with van der Waals surface area (Å²) in [5.41, 5.74) is -0.589. The number of ketones is 1. The van der Waals surface area contributed by atoms with Gasteiger partial charge in [0.1, 0.15) is 0 Å². The number of carbonyl (C=O) groups is 1. The molecule has 64 valence electrons. The van der Waals surface area contributed by atoms with E-state index in [4.69, 9.17) is 4.74 Å². The number of hydrogen-bond acceptors (Lipinski definition) is 2. The van der Waals surface area contributed by atoms with Crippen molar-refractivity contribution in [3.63, 3.8) is 0 Å². The van der Waals surface area contributed by atoms with Crippen molar-refractivity contribution in [1.82, 2.24) is 0 Å². The number of fused-ring (bicyclic) bond motifs is 1. The van der Waals surface area contributed by atoms with Crippen molar-refractivity contribution in [2.75, 3.05) is 6.61 Å². The Morgan fingerprint density at radius 3 is 2.62 bits per heavy atom. The number of carbonyl (C=O) groups excluding carboxylic acids is 1. The lowest BCUT2D eigenvalue weighted by molar-refractivity contribution is -0.116. The standard InChI is InChI=1S/C11H8O2/c12-10-5-8-3-1-2-4-9(8)6-11(10)7-13-11/h1-6H,7H2. The highest BCUT2D eigenvalue weighted by atomic mass is 16.6. The lowest BCUT2D eigenvalue weighted by atomic mass is 9.97. The SMILES string of the molecule is O=C1C=c2ccccc2=CC12CO2. The van der Waals surface area contributed by atoms with Gasteiger partial charge in [0.2, 0.25) is 0 Å². The van der Waals surface area contributed by atoms with Crippen molar-refractivity contribution in [3.05, 3.63) is 34.7 Å². The highest BCUT2D eigenvalue weighted by molar-refractivity contribution is 6.17. The molecule has 2 nitrogen and oxygen atoms in total. The quantitative estimate of drug-likeness (QED) is 0.498. The van der Waals surface area contributed by atoms with Crippen molar-refractivity contribution < 1.29 is 9.53 Å². The third-order valence-electron chi connectivity index (χ3n) is 2.54. The van der Waals surface area contributed by atoms with E-state index in [1.54, 1.807) is 6.08 Å². The monoisotopic (exact) mass is 172 g/mol. The van der Waals surface area contributed by atoms with Gasteiger partial charge in [0.25, 0.3) is 0 Å². The van der Waals surface area contributed by atoms with Gasteiger partial charge in [0, 0.05) is 0 Å². The summed E-state index contributed by atoms with van der Waals surface area (Å²) in [5.74, 6) is 0.0752. The Labute approximate surface area is 75.1 Å². The minimum Gasteiger partial charge on any atom is -0.356 e. The van der Waals surface area contributed by atoms with Crippen LogP contribution in [0.1, 0.15) is 0 Å². The maximum absolute atomic E-state index is 11.5. The van der Waals surface area contributed by atoms with Crippen molar-refractivity contribution in [1.29, 1.82) is 0 Å². The van der Waals surface area contributed by atoms with E-state index in [2.05, 4.69) is 0 Å². The van der Waals surface area contributed by atoms with E-state index >= 15 is 0 Å². The van der Waals surface area contributed by atoms with Gasteiger partial charge in [-0.1, -0.05) is 24.3 Å². The van der Waals surface area contributed by atoms with Crippen molar-refractivity contribution in [3.8, 4) is 0 Å². The number of hydrogen-bond donors (Lipinski definition) is 0. The van der Waals surface area contributed by atoms with Gasteiger partial charge in [-0.3, -0.25) is 4.79 Å². The molecule has 0 amide bonds. The molecule has 0 bridgehead atoms. The first-order chi connectivity index (χ1) is 6.30. The van der Waals surface area contributed by atoms with E-state index in [0.29, 0.717) is 6.61 Å². The predicted octanol–water partition coefficient (Wildman–Crippen LogP) is -0.401. The summed E-state index contributed by atoms with van der Waals surface area (Å²) in [6, 6.07) is 7.85. The molecule has 0 radical (unpaired) electrons. The predicted molar refractivity (Wildman–Crippen MR) is 48.3 cm³/mol. The van der Waals surface area contributed by atoms with Crippen LogP contribution in [0.4, 0.5) is 0 Å². The summed E-state index contributed by atoms with van der Waals surface area (Å²) in [5, 5.41) is 2.09. The Kier molecular flexibility index (Phi) is 1.13. The average Bonchev–Trinajstić information content (AvgIpc) is 2.88. The zero-order valence-corrected chi connectivity index (χ0v) is 6.99. The molecule has 1 atom stereocenters. The van der Waals surface area contributed by atoms with Crippen LogP contribution >= 0.6 is 0 Å². The maximum atomic E-state index is 11.5. The van der Waals surface area contributed by atoms with Crippen LogP contribution in [0.5, 0.6) is 0 Å². The van der Waals surface area contributed by atoms with Gasteiger partial charge in [-0.15, -0.1) is 0 Å². The number of ether oxygens (including phenoxy) is 1. The van der Waals surface area contributed by atoms with Gasteiger partial charge in [0.05, 0.1) is 6.61 Å². The Morgan fingerprint density at radius 1 is 1.23 bits per heavy atom. The average molecular weight is 172 g/mol. The van der Waals surface area contributed by atoms with Crippen LogP contribution in [0.15, 0.2) is 24.3 Å².